The van der Waals surface area contributed by atoms with Gasteiger partial charge in [0.15, 0.2) is 0 Å². The number of hydrogen-bond acceptors (Lipinski definition) is 4. The second-order valence-electron chi connectivity index (χ2n) is 7.25. The lowest BCUT2D eigenvalue weighted by Crippen LogP contribution is -2.22. The fourth-order valence-electron chi connectivity index (χ4n) is 3.18. The van der Waals surface area contributed by atoms with Crippen molar-refractivity contribution in [3.63, 3.8) is 0 Å². The molecule has 0 saturated heterocycles. The van der Waals surface area contributed by atoms with Crippen LogP contribution in [-0.2, 0) is 14.8 Å². The Labute approximate surface area is 191 Å². The predicted octanol–water partition coefficient (Wildman–Crippen LogP) is 5.76. The number of rotatable bonds is 7. The molecule has 0 bridgehead atoms. The smallest absolute Gasteiger partial charge is 0.261 e. The highest BCUT2D eigenvalue weighted by atomic mass is 32.2. The largest absolute Gasteiger partial charge is 0.325 e. The lowest BCUT2D eigenvalue weighted by Gasteiger charge is -2.13. The number of anilines is 2. The summed E-state index contributed by atoms with van der Waals surface area (Å²) in [6, 6.07) is 29.0. The summed E-state index contributed by atoms with van der Waals surface area (Å²) in [7, 11) is -3.63. The molecule has 162 valence electrons. The fourth-order valence-corrected chi connectivity index (χ4v) is 5.13. The highest BCUT2D eigenvalue weighted by molar-refractivity contribution is 8.00. The van der Waals surface area contributed by atoms with Crippen LogP contribution in [0.1, 0.15) is 6.92 Å². The van der Waals surface area contributed by atoms with Crippen LogP contribution in [0, 0.1) is 0 Å². The molecule has 1 amide bonds. The Balaban J connectivity index is 1.37. The van der Waals surface area contributed by atoms with Crippen LogP contribution in [0.4, 0.5) is 11.4 Å². The highest BCUT2D eigenvalue weighted by Crippen LogP contribution is 2.27. The number of thioether (sulfide) groups is 1. The third-order valence-corrected chi connectivity index (χ3v) is 7.37. The van der Waals surface area contributed by atoms with Crippen molar-refractivity contribution in [1.29, 1.82) is 0 Å². The molecule has 0 heterocycles. The quantitative estimate of drug-likeness (QED) is 0.343. The molecule has 0 aliphatic rings. The molecular formula is C25H22N2O3S2. The van der Waals surface area contributed by atoms with E-state index in [0.29, 0.717) is 5.69 Å². The zero-order chi connectivity index (χ0) is 22.6. The summed E-state index contributed by atoms with van der Waals surface area (Å²) in [5, 5.41) is 4.83. The van der Waals surface area contributed by atoms with Crippen molar-refractivity contribution in [2.45, 2.75) is 22.0 Å². The van der Waals surface area contributed by atoms with Gasteiger partial charge in [0, 0.05) is 16.3 Å². The number of nitrogens with one attached hydrogen (secondary N) is 2. The monoisotopic (exact) mass is 462 g/mol. The first-order valence-corrected chi connectivity index (χ1v) is 12.4. The summed E-state index contributed by atoms with van der Waals surface area (Å²) in [6.07, 6.45) is 0. The molecule has 7 heteroatoms. The normalized spacial score (nSPS) is 12.3. The van der Waals surface area contributed by atoms with Gasteiger partial charge in [0.2, 0.25) is 5.91 Å². The third-order valence-electron chi connectivity index (χ3n) is 4.86. The van der Waals surface area contributed by atoms with E-state index in [9.17, 15) is 13.2 Å². The number of amides is 1. The van der Waals surface area contributed by atoms with Gasteiger partial charge < -0.3 is 5.32 Å². The van der Waals surface area contributed by atoms with Crippen LogP contribution in [0.5, 0.6) is 0 Å². The van der Waals surface area contributed by atoms with Gasteiger partial charge in [-0.2, -0.15) is 0 Å². The summed E-state index contributed by atoms with van der Waals surface area (Å²) >= 11 is 1.41. The van der Waals surface area contributed by atoms with E-state index in [0.717, 1.165) is 21.4 Å². The molecule has 2 N–H and O–H groups in total. The van der Waals surface area contributed by atoms with E-state index in [1.165, 1.54) is 11.8 Å². The first-order valence-electron chi connectivity index (χ1n) is 10.0. The van der Waals surface area contributed by atoms with Gasteiger partial charge >= 0.3 is 0 Å². The van der Waals surface area contributed by atoms with Crippen LogP contribution in [0.15, 0.2) is 107 Å². The summed E-state index contributed by atoms with van der Waals surface area (Å²) in [6.45, 7) is 1.84. The van der Waals surface area contributed by atoms with Crippen molar-refractivity contribution in [2.75, 3.05) is 10.0 Å². The molecule has 4 aromatic carbocycles. The minimum Gasteiger partial charge on any atom is -0.325 e. The number of carbonyl (C=O) groups excluding carboxylic acids is 1. The Morgan fingerprint density at radius 2 is 1.41 bits per heavy atom. The second kappa shape index (κ2) is 9.46. The standard InChI is InChI=1S/C25H22N2O3S2/c1-18(25(28)26-22-12-11-19-7-5-6-8-20(19)17-22)31-23-15-13-21(14-16-23)27-32(29,30)24-9-3-2-4-10-24/h2-18,27H,1H3,(H,26,28). The van der Waals surface area contributed by atoms with Gasteiger partial charge in [-0.3, -0.25) is 9.52 Å². The topological polar surface area (TPSA) is 75.3 Å². The lowest BCUT2D eigenvalue weighted by molar-refractivity contribution is -0.115. The number of sulfonamides is 1. The van der Waals surface area contributed by atoms with E-state index in [1.54, 1.807) is 54.6 Å². The molecule has 0 spiro atoms. The van der Waals surface area contributed by atoms with Crippen LogP contribution in [0.2, 0.25) is 0 Å². The predicted molar refractivity (Wildman–Crippen MR) is 132 cm³/mol. The Hall–Kier alpha value is -3.29. The van der Waals surface area contributed by atoms with Crippen molar-refractivity contribution >= 4 is 49.8 Å². The van der Waals surface area contributed by atoms with Gasteiger partial charge in [-0.25, -0.2) is 8.42 Å². The molecule has 0 radical (unpaired) electrons. The first-order chi connectivity index (χ1) is 15.4. The second-order valence-corrected chi connectivity index (χ2v) is 10.4. The van der Waals surface area contributed by atoms with E-state index >= 15 is 0 Å². The van der Waals surface area contributed by atoms with Crippen molar-refractivity contribution in [3.8, 4) is 0 Å². The molecule has 0 aliphatic carbocycles. The molecule has 1 unspecified atom stereocenters. The van der Waals surface area contributed by atoms with E-state index in [-0.39, 0.29) is 16.1 Å². The molecule has 0 saturated carbocycles. The van der Waals surface area contributed by atoms with Gasteiger partial charge in [-0.15, -0.1) is 11.8 Å². The maximum Gasteiger partial charge on any atom is 0.261 e. The average molecular weight is 463 g/mol. The number of benzene rings is 4. The molecule has 0 aliphatic heterocycles. The van der Waals surface area contributed by atoms with E-state index in [1.807, 2.05) is 49.4 Å². The van der Waals surface area contributed by atoms with Crippen molar-refractivity contribution in [3.05, 3.63) is 97.1 Å². The van der Waals surface area contributed by atoms with Crippen LogP contribution >= 0.6 is 11.8 Å². The summed E-state index contributed by atoms with van der Waals surface area (Å²) in [4.78, 5) is 13.7. The van der Waals surface area contributed by atoms with Crippen LogP contribution in [-0.4, -0.2) is 19.6 Å². The van der Waals surface area contributed by atoms with Crippen LogP contribution in [0.25, 0.3) is 10.8 Å². The minimum atomic E-state index is -3.63. The van der Waals surface area contributed by atoms with Crippen LogP contribution in [0.3, 0.4) is 0 Å². The maximum absolute atomic E-state index is 12.6. The van der Waals surface area contributed by atoms with E-state index < -0.39 is 10.0 Å². The number of hydrogen-bond donors (Lipinski definition) is 2. The fraction of sp³-hybridized carbons (Fsp3) is 0.0800. The zero-order valence-corrected chi connectivity index (χ0v) is 19.0. The Morgan fingerprint density at radius 3 is 2.12 bits per heavy atom. The number of carbonyl (C=O) groups is 1. The van der Waals surface area contributed by atoms with Gasteiger partial charge in [-0.05, 0) is 66.2 Å². The molecule has 0 fully saturated rings. The molecule has 4 rings (SSSR count). The lowest BCUT2D eigenvalue weighted by atomic mass is 10.1. The molecule has 5 nitrogen and oxygen atoms in total. The van der Waals surface area contributed by atoms with Gasteiger partial charge in [0.1, 0.15) is 0 Å². The Morgan fingerprint density at radius 1 is 0.781 bits per heavy atom. The summed E-state index contributed by atoms with van der Waals surface area (Å²) < 4.78 is 27.4. The molecule has 0 aromatic heterocycles. The van der Waals surface area contributed by atoms with Crippen LogP contribution < -0.4 is 10.0 Å². The van der Waals surface area contributed by atoms with Gasteiger partial charge in [0.25, 0.3) is 10.0 Å². The van der Waals surface area contributed by atoms with Crippen molar-refractivity contribution < 1.29 is 13.2 Å². The molecule has 1 atom stereocenters. The van der Waals surface area contributed by atoms with Gasteiger partial charge in [0.05, 0.1) is 10.1 Å². The molecule has 32 heavy (non-hydrogen) atoms. The van der Waals surface area contributed by atoms with Crippen molar-refractivity contribution in [1.82, 2.24) is 0 Å². The van der Waals surface area contributed by atoms with E-state index in [4.69, 9.17) is 0 Å². The molecular weight excluding hydrogens is 440 g/mol. The Bertz CT molecular complexity index is 1340. The Kier molecular flexibility index (Phi) is 6.48. The highest BCUT2D eigenvalue weighted by Gasteiger charge is 2.16. The zero-order valence-electron chi connectivity index (χ0n) is 17.4. The minimum absolute atomic E-state index is 0.0980. The first kappa shape index (κ1) is 21.9. The average Bonchev–Trinajstić information content (AvgIpc) is 2.80. The summed E-state index contributed by atoms with van der Waals surface area (Å²) in [5.41, 5.74) is 1.22. The van der Waals surface area contributed by atoms with Gasteiger partial charge in [-0.1, -0.05) is 48.5 Å². The van der Waals surface area contributed by atoms with Crippen molar-refractivity contribution in [2.24, 2.45) is 0 Å². The number of fused-ring (bicyclic) bond motifs is 1. The van der Waals surface area contributed by atoms with E-state index in [2.05, 4.69) is 10.0 Å². The SMILES string of the molecule is CC(Sc1ccc(NS(=O)(=O)c2ccccc2)cc1)C(=O)Nc1ccc2ccccc2c1. The maximum atomic E-state index is 12.6. The molecule has 4 aromatic rings. The summed E-state index contributed by atoms with van der Waals surface area (Å²) in [5.74, 6) is -0.0980. The third kappa shape index (κ3) is 5.30.